The van der Waals surface area contributed by atoms with Crippen molar-refractivity contribution in [3.05, 3.63) is 35.4 Å². The van der Waals surface area contributed by atoms with Gasteiger partial charge in [-0.2, -0.15) is 4.39 Å². The van der Waals surface area contributed by atoms with Crippen LogP contribution in [0.4, 0.5) is 8.78 Å². The van der Waals surface area contributed by atoms with Crippen LogP contribution in [0.5, 0.6) is 0 Å². The van der Waals surface area contributed by atoms with Gasteiger partial charge in [-0.1, -0.05) is 31.9 Å². The van der Waals surface area contributed by atoms with Gasteiger partial charge in [-0.3, -0.25) is 0 Å². The SMILES string of the molecule is CCC[C@H]1CC[C@H](c2ccc(C(=O)OC(F)CF)cc2)CC1. The molecule has 1 saturated carbocycles. The summed E-state index contributed by atoms with van der Waals surface area (Å²) in [5.74, 6) is 0.582. The number of carbonyl (C=O) groups excluding carboxylic acids is 1. The number of rotatable bonds is 6. The zero-order valence-corrected chi connectivity index (χ0v) is 13.1. The minimum Gasteiger partial charge on any atom is -0.425 e. The first kappa shape index (κ1) is 16.9. The molecule has 122 valence electrons. The summed E-state index contributed by atoms with van der Waals surface area (Å²) < 4.78 is 29.1. The van der Waals surface area contributed by atoms with Crippen molar-refractivity contribution in [2.75, 3.05) is 6.67 Å². The third-order valence-corrected chi connectivity index (χ3v) is 4.52. The summed E-state index contributed by atoms with van der Waals surface area (Å²) in [5, 5.41) is 0. The van der Waals surface area contributed by atoms with E-state index in [1.54, 1.807) is 12.1 Å². The smallest absolute Gasteiger partial charge is 0.340 e. The van der Waals surface area contributed by atoms with Gasteiger partial charge in [0.25, 0.3) is 6.36 Å². The second kappa shape index (κ2) is 8.25. The Morgan fingerprint density at radius 3 is 2.41 bits per heavy atom. The van der Waals surface area contributed by atoms with Crippen LogP contribution in [0.15, 0.2) is 24.3 Å². The highest BCUT2D eigenvalue weighted by molar-refractivity contribution is 5.89. The van der Waals surface area contributed by atoms with Crippen molar-refractivity contribution in [3.63, 3.8) is 0 Å². The largest absolute Gasteiger partial charge is 0.425 e. The first-order chi connectivity index (χ1) is 10.6. The van der Waals surface area contributed by atoms with Crippen LogP contribution in [0, 0.1) is 5.92 Å². The fraction of sp³-hybridized carbons (Fsp3) is 0.611. The Kier molecular flexibility index (Phi) is 6.34. The lowest BCUT2D eigenvalue weighted by atomic mass is 9.77. The second-order valence-corrected chi connectivity index (χ2v) is 6.10. The molecule has 0 amide bonds. The summed E-state index contributed by atoms with van der Waals surface area (Å²) in [4.78, 5) is 11.6. The van der Waals surface area contributed by atoms with E-state index >= 15 is 0 Å². The topological polar surface area (TPSA) is 26.3 Å². The van der Waals surface area contributed by atoms with E-state index in [1.807, 2.05) is 12.1 Å². The lowest BCUT2D eigenvalue weighted by Crippen LogP contribution is -2.16. The number of ether oxygens (including phenoxy) is 1. The summed E-state index contributed by atoms with van der Waals surface area (Å²) >= 11 is 0. The lowest BCUT2D eigenvalue weighted by molar-refractivity contribution is -0.0254. The molecule has 0 heterocycles. The van der Waals surface area contributed by atoms with E-state index in [-0.39, 0.29) is 5.56 Å². The van der Waals surface area contributed by atoms with Gasteiger partial charge in [0.1, 0.15) is 0 Å². The lowest BCUT2D eigenvalue weighted by Gasteiger charge is -2.28. The van der Waals surface area contributed by atoms with Crippen LogP contribution in [0.2, 0.25) is 0 Å². The fourth-order valence-electron chi connectivity index (χ4n) is 3.30. The van der Waals surface area contributed by atoms with E-state index in [0.717, 1.165) is 5.92 Å². The Morgan fingerprint density at radius 2 is 1.86 bits per heavy atom. The Labute approximate surface area is 130 Å². The van der Waals surface area contributed by atoms with Crippen molar-refractivity contribution in [1.29, 1.82) is 0 Å². The van der Waals surface area contributed by atoms with Crippen molar-refractivity contribution >= 4 is 5.97 Å². The average Bonchev–Trinajstić information content (AvgIpc) is 2.56. The van der Waals surface area contributed by atoms with Crippen LogP contribution < -0.4 is 0 Å². The van der Waals surface area contributed by atoms with Gasteiger partial charge in [0.2, 0.25) is 0 Å². The summed E-state index contributed by atoms with van der Waals surface area (Å²) in [5.41, 5.74) is 1.48. The molecule has 22 heavy (non-hydrogen) atoms. The Morgan fingerprint density at radius 1 is 1.23 bits per heavy atom. The molecule has 0 saturated heterocycles. The number of hydrogen-bond donors (Lipinski definition) is 0. The monoisotopic (exact) mass is 310 g/mol. The molecule has 0 aromatic heterocycles. The average molecular weight is 310 g/mol. The molecule has 0 N–H and O–H groups in total. The van der Waals surface area contributed by atoms with Crippen LogP contribution in [0.25, 0.3) is 0 Å². The number of benzene rings is 1. The van der Waals surface area contributed by atoms with Gasteiger partial charge in [-0.15, -0.1) is 0 Å². The number of hydrogen-bond acceptors (Lipinski definition) is 2. The van der Waals surface area contributed by atoms with E-state index in [9.17, 15) is 13.6 Å². The van der Waals surface area contributed by atoms with E-state index in [1.165, 1.54) is 44.1 Å². The highest BCUT2D eigenvalue weighted by Gasteiger charge is 2.22. The van der Waals surface area contributed by atoms with Gasteiger partial charge in [-0.25, -0.2) is 9.18 Å². The van der Waals surface area contributed by atoms with Crippen molar-refractivity contribution in [2.24, 2.45) is 5.92 Å². The maximum Gasteiger partial charge on any atom is 0.340 e. The zero-order chi connectivity index (χ0) is 15.9. The molecule has 1 fully saturated rings. The van der Waals surface area contributed by atoms with Crippen LogP contribution in [0.1, 0.15) is 67.3 Å². The predicted molar refractivity (Wildman–Crippen MR) is 82.3 cm³/mol. The summed E-state index contributed by atoms with van der Waals surface area (Å²) in [7, 11) is 0. The molecule has 2 nitrogen and oxygen atoms in total. The van der Waals surface area contributed by atoms with Crippen LogP contribution >= 0.6 is 0 Å². The second-order valence-electron chi connectivity index (χ2n) is 6.10. The molecule has 0 spiro atoms. The third kappa shape index (κ3) is 4.52. The molecule has 1 unspecified atom stereocenters. The molecule has 0 bridgehead atoms. The molecular weight excluding hydrogens is 286 g/mol. The molecule has 1 aromatic rings. The number of halogens is 2. The van der Waals surface area contributed by atoms with Gasteiger partial charge in [0.15, 0.2) is 6.67 Å². The van der Waals surface area contributed by atoms with Crippen molar-refractivity contribution in [1.82, 2.24) is 0 Å². The van der Waals surface area contributed by atoms with E-state index in [0.29, 0.717) is 5.92 Å². The van der Waals surface area contributed by atoms with E-state index in [4.69, 9.17) is 0 Å². The van der Waals surface area contributed by atoms with Gasteiger partial charge in [0, 0.05) is 0 Å². The molecule has 1 atom stereocenters. The van der Waals surface area contributed by atoms with Crippen molar-refractivity contribution in [3.8, 4) is 0 Å². The molecule has 0 aliphatic heterocycles. The van der Waals surface area contributed by atoms with Gasteiger partial charge in [-0.05, 0) is 55.2 Å². The Bertz CT molecular complexity index is 464. The highest BCUT2D eigenvalue weighted by atomic mass is 19.2. The first-order valence-electron chi connectivity index (χ1n) is 8.15. The third-order valence-electron chi connectivity index (χ3n) is 4.52. The van der Waals surface area contributed by atoms with Crippen LogP contribution in [0.3, 0.4) is 0 Å². The molecule has 1 aliphatic rings. The molecule has 1 aromatic carbocycles. The van der Waals surface area contributed by atoms with E-state index in [2.05, 4.69) is 11.7 Å². The molecule has 0 radical (unpaired) electrons. The minimum atomic E-state index is -2.18. The fourth-order valence-corrected chi connectivity index (χ4v) is 3.30. The van der Waals surface area contributed by atoms with Crippen LogP contribution in [-0.4, -0.2) is 19.0 Å². The maximum absolute atomic E-state index is 12.7. The van der Waals surface area contributed by atoms with E-state index < -0.39 is 19.0 Å². The minimum absolute atomic E-state index is 0.263. The predicted octanol–water partition coefficient (Wildman–Crippen LogP) is 5.18. The molecular formula is C18H24F2O2. The van der Waals surface area contributed by atoms with Gasteiger partial charge in [0.05, 0.1) is 5.56 Å². The summed E-state index contributed by atoms with van der Waals surface area (Å²) in [6.45, 7) is 0.916. The van der Waals surface area contributed by atoms with Crippen LogP contribution in [-0.2, 0) is 4.74 Å². The summed E-state index contributed by atoms with van der Waals surface area (Å²) in [6.07, 6.45) is 5.29. The Balaban J connectivity index is 1.91. The standard InChI is InChI=1S/C18H24F2O2/c1-2-3-13-4-6-14(7-5-13)15-8-10-16(11-9-15)18(21)22-17(20)12-19/h8-11,13-14,17H,2-7,12H2,1H3/t13-,14-,17?. The quantitative estimate of drug-likeness (QED) is 0.676. The number of alkyl halides is 2. The van der Waals surface area contributed by atoms with Gasteiger partial charge < -0.3 is 4.74 Å². The zero-order valence-electron chi connectivity index (χ0n) is 13.1. The molecule has 4 heteroatoms. The Hall–Kier alpha value is -1.45. The van der Waals surface area contributed by atoms with Crippen molar-refractivity contribution < 1.29 is 18.3 Å². The summed E-state index contributed by atoms with van der Waals surface area (Å²) in [6, 6.07) is 7.09. The number of esters is 1. The van der Waals surface area contributed by atoms with Gasteiger partial charge >= 0.3 is 5.97 Å². The highest BCUT2D eigenvalue weighted by Crippen LogP contribution is 2.37. The normalized spacial score (nSPS) is 23.0. The molecule has 1 aliphatic carbocycles. The van der Waals surface area contributed by atoms with Crippen molar-refractivity contribution in [2.45, 2.75) is 57.7 Å². The number of carbonyl (C=O) groups is 1. The maximum atomic E-state index is 12.7. The first-order valence-corrected chi connectivity index (χ1v) is 8.15. The molecule has 2 rings (SSSR count).